The first-order valence-electron chi connectivity index (χ1n) is 6.66. The van der Waals surface area contributed by atoms with Gasteiger partial charge in [0.25, 0.3) is 0 Å². The van der Waals surface area contributed by atoms with Gasteiger partial charge in [-0.05, 0) is 24.6 Å². The normalized spacial score (nSPS) is 17.1. The lowest BCUT2D eigenvalue weighted by Crippen LogP contribution is -2.51. The number of benzene rings is 1. The first-order chi connectivity index (χ1) is 9.28. The molecule has 3 rings (SSSR count). The van der Waals surface area contributed by atoms with E-state index in [0.29, 0.717) is 6.54 Å². The van der Waals surface area contributed by atoms with Crippen LogP contribution in [0, 0.1) is 5.92 Å². The number of carbonyl (C=O) groups is 1. The molecule has 0 saturated carbocycles. The van der Waals surface area contributed by atoms with Crippen LogP contribution in [0.3, 0.4) is 0 Å². The second-order valence-corrected chi connectivity index (χ2v) is 4.90. The highest BCUT2D eigenvalue weighted by molar-refractivity contribution is 5.80. The van der Waals surface area contributed by atoms with Gasteiger partial charge in [0, 0.05) is 26.2 Å². The van der Waals surface area contributed by atoms with E-state index in [1.807, 2.05) is 30.0 Å². The third-order valence-corrected chi connectivity index (χ3v) is 3.63. The molecule has 2 aliphatic rings. The lowest BCUT2D eigenvalue weighted by Gasteiger charge is -2.32. The fourth-order valence-electron chi connectivity index (χ4n) is 2.33. The lowest BCUT2D eigenvalue weighted by atomic mass is 10.0. The van der Waals surface area contributed by atoms with Crippen LogP contribution < -0.4 is 14.8 Å². The maximum absolute atomic E-state index is 12.2. The van der Waals surface area contributed by atoms with E-state index in [-0.39, 0.29) is 18.6 Å². The summed E-state index contributed by atoms with van der Waals surface area (Å²) in [6, 6.07) is 5.85. The highest BCUT2D eigenvalue weighted by Crippen LogP contribution is 2.32. The number of nitrogens with zero attached hydrogens (tertiary/aromatic N) is 1. The number of hydrogen-bond acceptors (Lipinski definition) is 4. The summed E-state index contributed by atoms with van der Waals surface area (Å²) in [6.07, 6.45) is 0. The van der Waals surface area contributed by atoms with Crippen LogP contribution in [0.5, 0.6) is 11.5 Å². The Morgan fingerprint density at radius 2 is 2.16 bits per heavy atom. The van der Waals surface area contributed by atoms with Gasteiger partial charge in [0.1, 0.15) is 0 Å². The fourth-order valence-corrected chi connectivity index (χ4v) is 2.33. The summed E-state index contributed by atoms with van der Waals surface area (Å²) in [4.78, 5) is 14.1. The number of amides is 1. The van der Waals surface area contributed by atoms with Gasteiger partial charge in [-0.1, -0.05) is 6.07 Å². The summed E-state index contributed by atoms with van der Waals surface area (Å²) in [7, 11) is 0. The molecule has 1 saturated heterocycles. The van der Waals surface area contributed by atoms with Crippen molar-refractivity contribution in [1.29, 1.82) is 0 Å². The lowest BCUT2D eigenvalue weighted by molar-refractivity contribution is -0.137. The SMILES string of the molecule is CCN(Cc1ccc2c(c1)OCO2)C(=O)C1CNC1. The van der Waals surface area contributed by atoms with Gasteiger partial charge in [0.15, 0.2) is 11.5 Å². The van der Waals surface area contributed by atoms with Crippen molar-refractivity contribution in [2.45, 2.75) is 13.5 Å². The van der Waals surface area contributed by atoms with E-state index in [1.54, 1.807) is 0 Å². The Balaban J connectivity index is 1.70. The second-order valence-electron chi connectivity index (χ2n) is 4.90. The van der Waals surface area contributed by atoms with Crippen LogP contribution >= 0.6 is 0 Å². The van der Waals surface area contributed by atoms with E-state index in [9.17, 15) is 4.79 Å². The molecule has 5 nitrogen and oxygen atoms in total. The Kier molecular flexibility index (Phi) is 3.29. The molecule has 0 spiro atoms. The Morgan fingerprint density at radius 1 is 1.37 bits per heavy atom. The van der Waals surface area contributed by atoms with Crippen LogP contribution in [0.4, 0.5) is 0 Å². The smallest absolute Gasteiger partial charge is 0.231 e. The first kappa shape index (κ1) is 12.3. The summed E-state index contributed by atoms with van der Waals surface area (Å²) in [5, 5.41) is 3.13. The minimum Gasteiger partial charge on any atom is -0.454 e. The standard InChI is InChI=1S/C14H18N2O3/c1-2-16(14(17)11-6-15-7-11)8-10-3-4-12-13(5-10)19-9-18-12/h3-5,11,15H,2,6-9H2,1H3. The summed E-state index contributed by atoms with van der Waals surface area (Å²) in [5.74, 6) is 1.93. The van der Waals surface area contributed by atoms with Gasteiger partial charge in [0.2, 0.25) is 12.7 Å². The number of rotatable bonds is 4. The van der Waals surface area contributed by atoms with Crippen molar-refractivity contribution < 1.29 is 14.3 Å². The molecular formula is C14H18N2O3. The molecule has 1 aromatic rings. The van der Waals surface area contributed by atoms with Gasteiger partial charge < -0.3 is 19.7 Å². The molecule has 1 fully saturated rings. The third-order valence-electron chi connectivity index (χ3n) is 3.63. The molecule has 5 heteroatoms. The zero-order valence-corrected chi connectivity index (χ0v) is 11.0. The molecule has 0 atom stereocenters. The van der Waals surface area contributed by atoms with Gasteiger partial charge in [-0.2, -0.15) is 0 Å². The molecule has 2 heterocycles. The summed E-state index contributed by atoms with van der Waals surface area (Å²) in [6.45, 7) is 5.25. The van der Waals surface area contributed by atoms with Gasteiger partial charge in [-0.3, -0.25) is 4.79 Å². The van der Waals surface area contributed by atoms with E-state index in [4.69, 9.17) is 9.47 Å². The average molecular weight is 262 g/mol. The molecule has 2 aliphatic heterocycles. The van der Waals surface area contributed by atoms with Gasteiger partial charge in [-0.15, -0.1) is 0 Å². The molecule has 1 aromatic carbocycles. The minimum absolute atomic E-state index is 0.147. The molecule has 0 aliphatic carbocycles. The van der Waals surface area contributed by atoms with E-state index in [2.05, 4.69) is 5.32 Å². The molecule has 0 unspecified atom stereocenters. The summed E-state index contributed by atoms with van der Waals surface area (Å²) < 4.78 is 10.6. The third kappa shape index (κ3) is 2.38. The molecule has 0 radical (unpaired) electrons. The molecule has 1 N–H and O–H groups in total. The maximum Gasteiger partial charge on any atom is 0.231 e. The Bertz CT molecular complexity index is 486. The largest absolute Gasteiger partial charge is 0.454 e. The second kappa shape index (κ2) is 5.09. The van der Waals surface area contributed by atoms with Crippen LogP contribution in [0.15, 0.2) is 18.2 Å². The number of fused-ring (bicyclic) bond motifs is 1. The van der Waals surface area contributed by atoms with E-state index in [1.165, 1.54) is 0 Å². The van der Waals surface area contributed by atoms with Crippen molar-refractivity contribution in [2.75, 3.05) is 26.4 Å². The highest BCUT2D eigenvalue weighted by Gasteiger charge is 2.28. The zero-order chi connectivity index (χ0) is 13.2. The van der Waals surface area contributed by atoms with Crippen LogP contribution in [-0.4, -0.2) is 37.2 Å². The Labute approximate surface area is 112 Å². The predicted molar refractivity (Wildman–Crippen MR) is 70.0 cm³/mol. The van der Waals surface area contributed by atoms with Gasteiger partial charge in [-0.25, -0.2) is 0 Å². The summed E-state index contributed by atoms with van der Waals surface area (Å²) in [5.41, 5.74) is 1.08. The number of ether oxygens (including phenoxy) is 2. The van der Waals surface area contributed by atoms with Crippen molar-refractivity contribution in [2.24, 2.45) is 5.92 Å². The predicted octanol–water partition coefficient (Wildman–Crippen LogP) is 0.983. The van der Waals surface area contributed by atoms with Gasteiger partial charge in [0.05, 0.1) is 5.92 Å². The maximum atomic E-state index is 12.2. The molecule has 102 valence electrons. The van der Waals surface area contributed by atoms with Crippen molar-refractivity contribution in [3.63, 3.8) is 0 Å². The number of hydrogen-bond donors (Lipinski definition) is 1. The van der Waals surface area contributed by atoms with Crippen LogP contribution in [-0.2, 0) is 11.3 Å². The first-order valence-corrected chi connectivity index (χ1v) is 6.66. The average Bonchev–Trinajstić information content (AvgIpc) is 2.80. The molecule has 1 amide bonds. The van der Waals surface area contributed by atoms with Crippen molar-refractivity contribution in [1.82, 2.24) is 10.2 Å². The van der Waals surface area contributed by atoms with Crippen LogP contribution in [0.2, 0.25) is 0 Å². The summed E-state index contributed by atoms with van der Waals surface area (Å²) >= 11 is 0. The molecule has 0 aromatic heterocycles. The van der Waals surface area contributed by atoms with Crippen molar-refractivity contribution in [3.05, 3.63) is 23.8 Å². The number of carbonyl (C=O) groups excluding carboxylic acids is 1. The van der Waals surface area contributed by atoms with Crippen LogP contribution in [0.1, 0.15) is 12.5 Å². The highest BCUT2D eigenvalue weighted by atomic mass is 16.7. The van der Waals surface area contributed by atoms with Crippen LogP contribution in [0.25, 0.3) is 0 Å². The Hall–Kier alpha value is -1.75. The van der Waals surface area contributed by atoms with E-state index < -0.39 is 0 Å². The van der Waals surface area contributed by atoms with Gasteiger partial charge >= 0.3 is 0 Å². The Morgan fingerprint density at radius 3 is 2.84 bits per heavy atom. The fraction of sp³-hybridized carbons (Fsp3) is 0.500. The topological polar surface area (TPSA) is 50.8 Å². The zero-order valence-electron chi connectivity index (χ0n) is 11.0. The minimum atomic E-state index is 0.147. The quantitative estimate of drug-likeness (QED) is 0.879. The molecular weight excluding hydrogens is 244 g/mol. The van der Waals surface area contributed by atoms with Crippen molar-refractivity contribution >= 4 is 5.91 Å². The molecule has 0 bridgehead atoms. The monoisotopic (exact) mass is 262 g/mol. The molecule has 19 heavy (non-hydrogen) atoms. The number of nitrogens with one attached hydrogen (secondary N) is 1. The van der Waals surface area contributed by atoms with E-state index in [0.717, 1.165) is 36.7 Å². The van der Waals surface area contributed by atoms with Crippen molar-refractivity contribution in [3.8, 4) is 11.5 Å². The van der Waals surface area contributed by atoms with E-state index >= 15 is 0 Å².